The van der Waals surface area contributed by atoms with Crippen molar-refractivity contribution in [3.63, 3.8) is 0 Å². The summed E-state index contributed by atoms with van der Waals surface area (Å²) in [5, 5.41) is 0. The van der Waals surface area contributed by atoms with Gasteiger partial charge in [-0.3, -0.25) is 9.63 Å². The minimum absolute atomic E-state index is 0.0884. The highest BCUT2D eigenvalue weighted by Gasteiger charge is 2.18. The van der Waals surface area contributed by atoms with Gasteiger partial charge < -0.3 is 0 Å². The monoisotopic (exact) mass is 131 g/mol. The highest BCUT2D eigenvalue weighted by Crippen LogP contribution is 2.10. The summed E-state index contributed by atoms with van der Waals surface area (Å²) in [4.78, 5) is 15.0. The van der Waals surface area contributed by atoms with Crippen molar-refractivity contribution in [2.24, 2.45) is 5.90 Å². The second-order valence-electron chi connectivity index (χ2n) is 2.76. The van der Waals surface area contributed by atoms with E-state index in [4.69, 9.17) is 5.90 Å². The van der Waals surface area contributed by atoms with Gasteiger partial charge in [0, 0.05) is 6.42 Å². The summed E-state index contributed by atoms with van der Waals surface area (Å²) < 4.78 is 0. The Morgan fingerprint density at radius 1 is 1.67 bits per heavy atom. The first-order chi connectivity index (χ1) is 3.98. The lowest BCUT2D eigenvalue weighted by Gasteiger charge is -2.19. The zero-order valence-corrected chi connectivity index (χ0v) is 6.10. The normalized spacial score (nSPS) is 11.6. The number of carbonyl (C=O) groups is 1. The molecule has 0 aromatic heterocycles. The van der Waals surface area contributed by atoms with Crippen molar-refractivity contribution in [3.8, 4) is 0 Å². The SMILES string of the molecule is CC(=O)CC(C)(C)ON. The molecule has 0 aliphatic heterocycles. The Kier molecular flexibility index (Phi) is 2.81. The molecule has 0 amide bonds. The summed E-state index contributed by atoms with van der Waals surface area (Å²) in [5.74, 6) is 4.99. The quantitative estimate of drug-likeness (QED) is 0.572. The minimum atomic E-state index is -0.508. The van der Waals surface area contributed by atoms with E-state index in [9.17, 15) is 4.79 Å². The number of carbonyl (C=O) groups excluding carboxylic acids is 1. The van der Waals surface area contributed by atoms with E-state index in [2.05, 4.69) is 4.84 Å². The van der Waals surface area contributed by atoms with Gasteiger partial charge in [-0.1, -0.05) is 0 Å². The predicted octanol–water partition coefficient (Wildman–Crippen LogP) is 0.634. The fraction of sp³-hybridized carbons (Fsp3) is 0.833. The van der Waals surface area contributed by atoms with Crippen molar-refractivity contribution < 1.29 is 9.63 Å². The molecule has 0 heterocycles. The molecule has 9 heavy (non-hydrogen) atoms. The van der Waals surface area contributed by atoms with Crippen LogP contribution < -0.4 is 5.90 Å². The van der Waals surface area contributed by atoms with Gasteiger partial charge >= 0.3 is 0 Å². The van der Waals surface area contributed by atoms with Crippen LogP contribution in [-0.4, -0.2) is 11.4 Å². The Bertz CT molecular complexity index is 110. The second kappa shape index (κ2) is 2.94. The van der Waals surface area contributed by atoms with Gasteiger partial charge in [-0.25, -0.2) is 5.90 Å². The first kappa shape index (κ1) is 8.59. The van der Waals surface area contributed by atoms with Gasteiger partial charge in [-0.2, -0.15) is 0 Å². The zero-order valence-electron chi connectivity index (χ0n) is 6.10. The van der Waals surface area contributed by atoms with Crippen LogP contribution in [0.4, 0.5) is 0 Å². The van der Waals surface area contributed by atoms with Crippen LogP contribution in [0.5, 0.6) is 0 Å². The molecule has 0 aromatic carbocycles. The van der Waals surface area contributed by atoms with Crippen LogP contribution in [0.3, 0.4) is 0 Å². The molecular formula is C6H13NO2. The molecule has 0 radical (unpaired) electrons. The summed E-state index contributed by atoms with van der Waals surface area (Å²) in [6.45, 7) is 5.06. The van der Waals surface area contributed by atoms with Crippen molar-refractivity contribution >= 4 is 5.78 Å². The van der Waals surface area contributed by atoms with Gasteiger partial charge in [0.1, 0.15) is 5.78 Å². The van der Waals surface area contributed by atoms with Crippen LogP contribution in [0, 0.1) is 0 Å². The van der Waals surface area contributed by atoms with Crippen LogP contribution in [-0.2, 0) is 9.63 Å². The Labute approximate surface area is 55.1 Å². The Morgan fingerprint density at radius 2 is 2.11 bits per heavy atom. The third kappa shape index (κ3) is 4.12. The summed E-state index contributed by atoms with van der Waals surface area (Å²) in [6.07, 6.45) is 0.365. The molecule has 3 nitrogen and oxygen atoms in total. The van der Waals surface area contributed by atoms with Gasteiger partial charge in [0.05, 0.1) is 5.60 Å². The summed E-state index contributed by atoms with van der Waals surface area (Å²) >= 11 is 0. The van der Waals surface area contributed by atoms with Gasteiger partial charge in [-0.15, -0.1) is 0 Å². The summed E-state index contributed by atoms with van der Waals surface area (Å²) in [6, 6.07) is 0. The third-order valence-corrected chi connectivity index (χ3v) is 0.994. The van der Waals surface area contributed by atoms with Crippen LogP contribution in [0.25, 0.3) is 0 Å². The van der Waals surface area contributed by atoms with Crippen LogP contribution >= 0.6 is 0 Å². The van der Waals surface area contributed by atoms with Gasteiger partial charge in [0.25, 0.3) is 0 Å². The van der Waals surface area contributed by atoms with E-state index in [-0.39, 0.29) is 5.78 Å². The fourth-order valence-electron chi connectivity index (χ4n) is 0.641. The molecule has 2 N–H and O–H groups in total. The summed E-state index contributed by atoms with van der Waals surface area (Å²) in [7, 11) is 0. The molecule has 0 saturated carbocycles. The molecule has 0 rings (SSSR count). The van der Waals surface area contributed by atoms with Crippen LogP contribution in [0.1, 0.15) is 27.2 Å². The second-order valence-corrected chi connectivity index (χ2v) is 2.76. The minimum Gasteiger partial charge on any atom is -0.300 e. The van der Waals surface area contributed by atoms with E-state index >= 15 is 0 Å². The number of nitrogens with two attached hydrogens (primary N) is 1. The Balaban J connectivity index is 3.71. The van der Waals surface area contributed by atoms with E-state index in [0.29, 0.717) is 6.42 Å². The smallest absolute Gasteiger partial charge is 0.132 e. The topological polar surface area (TPSA) is 52.3 Å². The molecule has 0 aromatic rings. The molecular weight excluding hydrogens is 118 g/mol. The molecule has 3 heteroatoms. The molecule has 0 fully saturated rings. The van der Waals surface area contributed by atoms with E-state index in [1.165, 1.54) is 6.92 Å². The average Bonchev–Trinajstić information content (AvgIpc) is 1.63. The van der Waals surface area contributed by atoms with Gasteiger partial charge in [0.15, 0.2) is 0 Å². The maximum Gasteiger partial charge on any atom is 0.132 e. The number of hydrogen-bond donors (Lipinski definition) is 1. The fourth-order valence-corrected chi connectivity index (χ4v) is 0.641. The van der Waals surface area contributed by atoms with Crippen molar-refractivity contribution in [2.45, 2.75) is 32.8 Å². The molecule has 0 aliphatic rings. The average molecular weight is 131 g/mol. The van der Waals surface area contributed by atoms with Crippen molar-refractivity contribution in [2.75, 3.05) is 0 Å². The Hall–Kier alpha value is -0.410. The number of hydrogen-bond acceptors (Lipinski definition) is 3. The van der Waals surface area contributed by atoms with Crippen LogP contribution in [0.2, 0.25) is 0 Å². The van der Waals surface area contributed by atoms with E-state index in [0.717, 1.165) is 0 Å². The van der Waals surface area contributed by atoms with Crippen molar-refractivity contribution in [3.05, 3.63) is 0 Å². The van der Waals surface area contributed by atoms with Crippen molar-refractivity contribution in [1.29, 1.82) is 0 Å². The van der Waals surface area contributed by atoms with Gasteiger partial charge in [-0.05, 0) is 20.8 Å². The Morgan fingerprint density at radius 3 is 2.22 bits per heavy atom. The molecule has 0 saturated heterocycles. The number of Topliss-reactive ketones (excluding diaryl/α,β-unsaturated/α-hetero) is 1. The predicted molar refractivity (Wildman–Crippen MR) is 34.6 cm³/mol. The largest absolute Gasteiger partial charge is 0.300 e. The van der Waals surface area contributed by atoms with Crippen LogP contribution in [0.15, 0.2) is 0 Å². The highest BCUT2D eigenvalue weighted by atomic mass is 16.6. The summed E-state index contributed by atoms with van der Waals surface area (Å²) in [5.41, 5.74) is -0.508. The highest BCUT2D eigenvalue weighted by molar-refractivity contribution is 5.76. The van der Waals surface area contributed by atoms with Crippen molar-refractivity contribution in [1.82, 2.24) is 0 Å². The molecule has 0 atom stereocenters. The zero-order chi connectivity index (χ0) is 7.49. The molecule has 0 bridgehead atoms. The molecule has 0 spiro atoms. The molecule has 0 aliphatic carbocycles. The maximum atomic E-state index is 10.5. The van der Waals surface area contributed by atoms with E-state index < -0.39 is 5.60 Å². The van der Waals surface area contributed by atoms with E-state index in [1.54, 1.807) is 13.8 Å². The molecule has 0 unspecified atom stereocenters. The first-order valence-corrected chi connectivity index (χ1v) is 2.85. The standard InChI is InChI=1S/C6H13NO2/c1-5(8)4-6(2,3)9-7/h4,7H2,1-3H3. The van der Waals surface area contributed by atoms with E-state index in [1.807, 2.05) is 0 Å². The number of rotatable bonds is 3. The molecule has 54 valence electrons. The first-order valence-electron chi connectivity index (χ1n) is 2.85. The third-order valence-electron chi connectivity index (χ3n) is 0.994. The van der Waals surface area contributed by atoms with Gasteiger partial charge in [0.2, 0.25) is 0 Å². The number of ketones is 1. The lowest BCUT2D eigenvalue weighted by atomic mass is 10.0. The maximum absolute atomic E-state index is 10.5. The lowest BCUT2D eigenvalue weighted by Crippen LogP contribution is -2.30. The lowest BCUT2D eigenvalue weighted by molar-refractivity contribution is -0.123.